The van der Waals surface area contributed by atoms with Gasteiger partial charge in [0, 0.05) is 5.92 Å². The lowest BCUT2D eigenvalue weighted by Crippen LogP contribution is -2.41. The standard InChI is InChI=1S/C8H8ClN3O2S2/c9-6-3-5-8(15-6)16(13,14)11-7(12(5)10)4-1-2-4/h3-4H,1-2,10H2. The molecule has 0 saturated heterocycles. The number of hydrogen-bond acceptors (Lipinski definition) is 5. The van der Waals surface area contributed by atoms with Crippen LogP contribution in [0.1, 0.15) is 12.8 Å². The van der Waals surface area contributed by atoms with Gasteiger partial charge in [0.15, 0.2) is 4.21 Å². The van der Waals surface area contributed by atoms with Crippen molar-refractivity contribution in [3.63, 3.8) is 0 Å². The van der Waals surface area contributed by atoms with Gasteiger partial charge in [-0.05, 0) is 18.9 Å². The topological polar surface area (TPSA) is 75.8 Å². The van der Waals surface area contributed by atoms with Gasteiger partial charge in [0.1, 0.15) is 5.84 Å². The third kappa shape index (κ3) is 1.46. The Bertz CT molecular complexity index is 588. The van der Waals surface area contributed by atoms with Gasteiger partial charge >= 0.3 is 0 Å². The van der Waals surface area contributed by atoms with Gasteiger partial charge in [0.2, 0.25) is 0 Å². The molecule has 0 bridgehead atoms. The molecular formula is C8H8ClN3O2S2. The smallest absolute Gasteiger partial charge is 0.263 e. The van der Waals surface area contributed by atoms with Crippen LogP contribution in [0.15, 0.2) is 14.7 Å². The van der Waals surface area contributed by atoms with Crippen LogP contribution in [0.5, 0.6) is 0 Å². The summed E-state index contributed by atoms with van der Waals surface area (Å²) in [4.78, 5) is 0. The number of sulfonamides is 1. The highest BCUT2D eigenvalue weighted by atomic mass is 35.5. The molecule has 0 atom stereocenters. The second kappa shape index (κ2) is 3.19. The van der Waals surface area contributed by atoms with Crippen molar-refractivity contribution in [2.24, 2.45) is 16.2 Å². The first-order valence-corrected chi connectivity index (χ1v) is 7.31. The number of amidine groups is 1. The fraction of sp³-hybridized carbons (Fsp3) is 0.375. The minimum Gasteiger partial charge on any atom is -0.263 e. The van der Waals surface area contributed by atoms with Gasteiger partial charge in [-0.2, -0.15) is 8.42 Å². The molecule has 86 valence electrons. The summed E-state index contributed by atoms with van der Waals surface area (Å²) in [5.74, 6) is 6.46. The van der Waals surface area contributed by atoms with E-state index in [2.05, 4.69) is 4.40 Å². The van der Waals surface area contributed by atoms with Crippen LogP contribution in [0.3, 0.4) is 0 Å². The Morgan fingerprint density at radius 2 is 2.25 bits per heavy atom. The van der Waals surface area contributed by atoms with Crippen LogP contribution in [0.4, 0.5) is 5.69 Å². The van der Waals surface area contributed by atoms with Crippen LogP contribution in [-0.2, 0) is 10.0 Å². The van der Waals surface area contributed by atoms with Crippen LogP contribution in [0.25, 0.3) is 0 Å². The van der Waals surface area contributed by atoms with Crippen LogP contribution >= 0.6 is 22.9 Å². The van der Waals surface area contributed by atoms with Crippen LogP contribution in [0.2, 0.25) is 4.34 Å². The molecule has 0 radical (unpaired) electrons. The zero-order chi connectivity index (χ0) is 11.5. The van der Waals surface area contributed by atoms with E-state index in [1.54, 1.807) is 6.07 Å². The van der Waals surface area contributed by atoms with Crippen LogP contribution < -0.4 is 10.9 Å². The van der Waals surface area contributed by atoms with Crippen molar-refractivity contribution in [1.29, 1.82) is 0 Å². The summed E-state index contributed by atoms with van der Waals surface area (Å²) < 4.78 is 28.0. The molecule has 0 unspecified atom stereocenters. The minimum atomic E-state index is -3.61. The van der Waals surface area contributed by atoms with Crippen LogP contribution in [0, 0.1) is 5.92 Å². The van der Waals surface area contributed by atoms with E-state index in [4.69, 9.17) is 17.4 Å². The van der Waals surface area contributed by atoms with E-state index in [9.17, 15) is 8.42 Å². The molecule has 1 fully saturated rings. The average Bonchev–Trinajstić information content (AvgIpc) is 2.95. The summed E-state index contributed by atoms with van der Waals surface area (Å²) in [5, 5.41) is 1.34. The first-order valence-electron chi connectivity index (χ1n) is 4.68. The Kier molecular flexibility index (Phi) is 2.10. The monoisotopic (exact) mass is 277 g/mol. The Balaban J connectivity index is 2.21. The first-order chi connectivity index (χ1) is 7.49. The van der Waals surface area contributed by atoms with Crippen molar-refractivity contribution in [3.8, 4) is 0 Å². The van der Waals surface area contributed by atoms with E-state index in [1.807, 2.05) is 0 Å². The molecule has 1 aromatic heterocycles. The predicted octanol–water partition coefficient (Wildman–Crippen LogP) is 1.59. The highest BCUT2D eigenvalue weighted by Gasteiger charge is 2.39. The lowest BCUT2D eigenvalue weighted by Gasteiger charge is -2.23. The number of fused-ring (bicyclic) bond motifs is 1. The maximum Gasteiger partial charge on any atom is 0.295 e. The van der Waals surface area contributed by atoms with Crippen molar-refractivity contribution in [2.75, 3.05) is 5.01 Å². The van der Waals surface area contributed by atoms with Crippen LogP contribution in [-0.4, -0.2) is 14.3 Å². The van der Waals surface area contributed by atoms with E-state index in [-0.39, 0.29) is 10.1 Å². The highest BCUT2D eigenvalue weighted by molar-refractivity contribution is 7.92. The quantitative estimate of drug-likeness (QED) is 0.791. The molecule has 0 spiro atoms. The van der Waals surface area contributed by atoms with Gasteiger partial charge in [0.05, 0.1) is 10.0 Å². The number of halogens is 1. The van der Waals surface area contributed by atoms with Crippen molar-refractivity contribution < 1.29 is 8.42 Å². The Morgan fingerprint density at radius 3 is 2.88 bits per heavy atom. The average molecular weight is 278 g/mol. The summed E-state index contributed by atoms with van der Waals surface area (Å²) in [6, 6.07) is 1.57. The van der Waals surface area contributed by atoms with E-state index < -0.39 is 10.0 Å². The van der Waals surface area contributed by atoms with Crippen molar-refractivity contribution in [1.82, 2.24) is 0 Å². The molecule has 1 aliphatic carbocycles. The van der Waals surface area contributed by atoms with E-state index in [1.165, 1.54) is 5.01 Å². The molecule has 0 amide bonds. The fourth-order valence-corrected chi connectivity index (χ4v) is 4.51. The maximum atomic E-state index is 11.9. The highest BCUT2D eigenvalue weighted by Crippen LogP contribution is 2.43. The molecule has 8 heteroatoms. The van der Waals surface area contributed by atoms with Gasteiger partial charge in [-0.25, -0.2) is 5.84 Å². The van der Waals surface area contributed by atoms with E-state index in [0.717, 1.165) is 24.2 Å². The number of nitrogens with two attached hydrogens (primary N) is 1. The number of rotatable bonds is 1. The minimum absolute atomic E-state index is 0.129. The molecule has 1 saturated carbocycles. The zero-order valence-electron chi connectivity index (χ0n) is 8.05. The summed E-state index contributed by atoms with van der Waals surface area (Å²) in [6.07, 6.45) is 1.88. The number of thiophene rings is 1. The van der Waals surface area contributed by atoms with Gasteiger partial charge in [0.25, 0.3) is 10.0 Å². The first kappa shape index (κ1) is 10.5. The Morgan fingerprint density at radius 1 is 1.56 bits per heavy atom. The Hall–Kier alpha value is -0.630. The summed E-state index contributed by atoms with van der Waals surface area (Å²) in [7, 11) is -3.61. The third-order valence-corrected chi connectivity index (χ3v) is 5.58. The lowest BCUT2D eigenvalue weighted by molar-refractivity contribution is 0.598. The molecule has 2 N–H and O–H groups in total. The van der Waals surface area contributed by atoms with Crippen molar-refractivity contribution in [2.45, 2.75) is 17.1 Å². The van der Waals surface area contributed by atoms with E-state index in [0.29, 0.717) is 15.9 Å². The van der Waals surface area contributed by atoms with Gasteiger partial charge < -0.3 is 0 Å². The van der Waals surface area contributed by atoms with Gasteiger partial charge in [-0.1, -0.05) is 11.6 Å². The fourth-order valence-electron chi connectivity index (χ4n) is 1.63. The number of hydrazine groups is 1. The van der Waals surface area contributed by atoms with E-state index >= 15 is 0 Å². The molecule has 0 aromatic carbocycles. The second-order valence-electron chi connectivity index (χ2n) is 3.79. The molecule has 16 heavy (non-hydrogen) atoms. The normalized spacial score (nSPS) is 22.9. The second-order valence-corrected chi connectivity index (χ2v) is 7.27. The molecule has 1 aliphatic heterocycles. The molecule has 5 nitrogen and oxygen atoms in total. The van der Waals surface area contributed by atoms with Crippen molar-refractivity contribution >= 4 is 44.5 Å². The summed E-state index contributed by atoms with van der Waals surface area (Å²) in [6.45, 7) is 0. The summed E-state index contributed by atoms with van der Waals surface area (Å²) >= 11 is 6.79. The SMILES string of the molecule is NN1C(C2CC2)=NS(=O)(=O)c2sc(Cl)cc21. The molecular weight excluding hydrogens is 270 g/mol. The molecule has 1 aromatic rings. The zero-order valence-corrected chi connectivity index (χ0v) is 10.4. The number of nitrogens with zero attached hydrogens (tertiary/aromatic N) is 2. The largest absolute Gasteiger partial charge is 0.295 e. The Labute approximate surface area is 102 Å². The number of anilines is 1. The molecule has 2 heterocycles. The lowest BCUT2D eigenvalue weighted by atomic mass is 10.3. The predicted molar refractivity (Wildman–Crippen MR) is 63.3 cm³/mol. The maximum absolute atomic E-state index is 11.9. The molecule has 3 rings (SSSR count). The van der Waals surface area contributed by atoms with Gasteiger partial charge in [-0.3, -0.25) is 5.01 Å². The van der Waals surface area contributed by atoms with Crippen molar-refractivity contribution in [3.05, 3.63) is 10.4 Å². The third-order valence-electron chi connectivity index (χ3n) is 2.55. The number of hydrogen-bond donors (Lipinski definition) is 1. The van der Waals surface area contributed by atoms with Gasteiger partial charge in [-0.15, -0.1) is 15.7 Å². The summed E-state index contributed by atoms with van der Waals surface area (Å²) in [5.41, 5.74) is 0.437. The molecule has 2 aliphatic rings.